The van der Waals surface area contributed by atoms with Crippen LogP contribution in [0.3, 0.4) is 0 Å². The van der Waals surface area contributed by atoms with Gasteiger partial charge in [-0.25, -0.2) is 0 Å². The predicted molar refractivity (Wildman–Crippen MR) is 206 cm³/mol. The molecular weight excluding hydrogens is 683 g/mol. The molecule has 0 atom stereocenters. The van der Waals surface area contributed by atoms with E-state index in [1.54, 1.807) is 0 Å². The van der Waals surface area contributed by atoms with Crippen molar-refractivity contribution >= 4 is 53.2 Å². The minimum atomic E-state index is 0. The van der Waals surface area contributed by atoms with E-state index in [0.29, 0.717) is 0 Å². The van der Waals surface area contributed by atoms with E-state index in [-0.39, 0.29) is 39.7 Å². The fourth-order valence-electron chi connectivity index (χ4n) is 6.06. The number of fused-ring (bicyclic) bond motifs is 2. The average Bonchev–Trinajstić information content (AvgIpc) is 3.54. The van der Waals surface area contributed by atoms with Crippen LogP contribution in [0.2, 0.25) is 0 Å². The summed E-state index contributed by atoms with van der Waals surface area (Å²) in [6, 6.07) is 31.9. The van der Waals surface area contributed by atoms with Gasteiger partial charge in [0, 0.05) is 0 Å². The standard InChI is InChI=1S/C20H21.C19H19.2CH3.2ClH.Si.Zr/c1-5-16-11-19-15(4)6-7-18(20(19)12-16)17-9-13(2)8-14(3)10-17;1-12-7-13(2)9-16(8-12)17-6-5-15(4)18-10-14(3)11-19(17)18;;;;;;/h6-12H,5H2,1-4H3;5-11H,1-4H3;2*1H3;2*1H;;/q4*-1;;;;. The van der Waals surface area contributed by atoms with Gasteiger partial charge >= 0.3 is 30.2 Å². The SMILES string of the molecule is CCc1cc2c(-c3cc(C)cc(C)c3)ccc(C)c2[cH-]1.Cc1cc(C)cc(-c2ccc(C)c3[cH-]c(C)cc23)c1.Cl.Cl.[CH3-].[CH3-].[Si]=[Zr]. The second-order valence-corrected chi connectivity index (χ2v) is 11.5. The molecule has 4 heteroatoms. The summed E-state index contributed by atoms with van der Waals surface area (Å²) in [5, 5.41) is 5.56. The molecule has 0 heterocycles. The van der Waals surface area contributed by atoms with Crippen molar-refractivity contribution < 1.29 is 23.3 Å². The third-order valence-electron chi connectivity index (χ3n) is 7.89. The molecule has 238 valence electrons. The first-order valence-corrected chi connectivity index (χ1v) is 18.6. The summed E-state index contributed by atoms with van der Waals surface area (Å²) in [6.07, 6.45) is 1.10. The molecule has 6 aromatic rings. The Morgan fingerprint density at radius 1 is 0.533 bits per heavy atom. The second kappa shape index (κ2) is 18.8. The number of hydrogen-bond acceptors (Lipinski definition) is 0. The second-order valence-electron chi connectivity index (χ2n) is 11.5. The average molecular weight is 731 g/mol. The zero-order valence-corrected chi connectivity index (χ0v) is 33.7. The number of rotatable bonds is 3. The summed E-state index contributed by atoms with van der Waals surface area (Å²) in [7, 11) is 0. The Morgan fingerprint density at radius 2 is 0.911 bits per heavy atom. The van der Waals surface area contributed by atoms with Crippen LogP contribution < -0.4 is 0 Å². The van der Waals surface area contributed by atoms with E-state index in [2.05, 4.69) is 147 Å². The van der Waals surface area contributed by atoms with Crippen LogP contribution in [0.1, 0.15) is 51.4 Å². The summed E-state index contributed by atoms with van der Waals surface area (Å²) in [5.41, 5.74) is 16.2. The van der Waals surface area contributed by atoms with E-state index in [1.807, 2.05) is 0 Å². The third-order valence-corrected chi connectivity index (χ3v) is 7.89. The van der Waals surface area contributed by atoms with Gasteiger partial charge in [0.15, 0.2) is 0 Å². The van der Waals surface area contributed by atoms with Gasteiger partial charge in [-0.2, -0.15) is 12.1 Å². The maximum absolute atomic E-state index is 3.06. The van der Waals surface area contributed by atoms with Gasteiger partial charge in [-0.3, -0.25) is 0 Å². The molecule has 2 radical (unpaired) electrons. The molecule has 0 aliphatic rings. The number of halogens is 2. The van der Waals surface area contributed by atoms with E-state index in [9.17, 15) is 0 Å². The molecule has 0 saturated carbocycles. The molecule has 0 aromatic heterocycles. The Morgan fingerprint density at radius 3 is 1.31 bits per heavy atom. The van der Waals surface area contributed by atoms with Gasteiger partial charge < -0.3 is 14.9 Å². The van der Waals surface area contributed by atoms with Gasteiger partial charge in [0.2, 0.25) is 0 Å². The van der Waals surface area contributed by atoms with Crippen molar-refractivity contribution in [1.82, 2.24) is 0 Å². The Hall–Kier alpha value is -2.22. The summed E-state index contributed by atoms with van der Waals surface area (Å²) in [6.45, 7) is 20.5. The quantitative estimate of drug-likeness (QED) is 0.126. The number of aryl methyl sites for hydroxylation is 8. The van der Waals surface area contributed by atoms with Crippen LogP contribution >= 0.6 is 24.8 Å². The van der Waals surface area contributed by atoms with Crippen LogP contribution in [-0.4, -0.2) is 6.88 Å². The minimum absolute atomic E-state index is 0. The molecule has 6 rings (SSSR count). The maximum atomic E-state index is 3.06. The third kappa shape index (κ3) is 9.89. The molecule has 0 spiro atoms. The molecule has 6 aromatic carbocycles. The van der Waals surface area contributed by atoms with Crippen molar-refractivity contribution in [3.8, 4) is 22.3 Å². The van der Waals surface area contributed by atoms with Crippen LogP contribution in [0.5, 0.6) is 0 Å². The molecule has 0 amide bonds. The molecule has 0 nitrogen and oxygen atoms in total. The monoisotopic (exact) mass is 728 g/mol. The van der Waals surface area contributed by atoms with E-state index >= 15 is 0 Å². The Bertz CT molecular complexity index is 1800. The van der Waals surface area contributed by atoms with Crippen LogP contribution in [0, 0.1) is 63.3 Å². The molecule has 0 aliphatic carbocycles. The van der Waals surface area contributed by atoms with E-state index in [0.717, 1.165) is 6.42 Å². The molecule has 0 bridgehead atoms. The van der Waals surface area contributed by atoms with Crippen LogP contribution in [0.4, 0.5) is 0 Å². The van der Waals surface area contributed by atoms with Crippen molar-refractivity contribution in [2.45, 2.75) is 61.8 Å². The molecule has 0 saturated heterocycles. The predicted octanol–water partition coefficient (Wildman–Crippen LogP) is 12.5. The Labute approximate surface area is 302 Å². The zero-order valence-electron chi connectivity index (χ0n) is 28.6. The van der Waals surface area contributed by atoms with E-state index in [1.165, 1.54) is 112 Å². The summed E-state index contributed by atoms with van der Waals surface area (Å²) >= 11 is 1.36. The van der Waals surface area contributed by atoms with Gasteiger partial charge in [-0.05, 0) is 45.2 Å². The molecular formula is C41H48Cl2SiZr-4. The van der Waals surface area contributed by atoms with Crippen LogP contribution in [0.25, 0.3) is 43.8 Å². The topological polar surface area (TPSA) is 0 Å². The van der Waals surface area contributed by atoms with Gasteiger partial charge in [0.25, 0.3) is 0 Å². The number of benzene rings is 4. The van der Waals surface area contributed by atoms with Crippen molar-refractivity contribution in [3.63, 3.8) is 0 Å². The Kier molecular flexibility index (Phi) is 17.9. The fourth-order valence-corrected chi connectivity index (χ4v) is 6.06. The summed E-state index contributed by atoms with van der Waals surface area (Å²) in [5.74, 6) is 0. The number of hydrogen-bond donors (Lipinski definition) is 0. The normalized spacial score (nSPS) is 9.76. The van der Waals surface area contributed by atoms with Crippen molar-refractivity contribution in [1.29, 1.82) is 0 Å². The molecule has 0 unspecified atom stereocenters. The first-order valence-electron chi connectivity index (χ1n) is 14.4. The summed E-state index contributed by atoms with van der Waals surface area (Å²) < 4.78 is 0. The van der Waals surface area contributed by atoms with E-state index < -0.39 is 0 Å². The van der Waals surface area contributed by atoms with Crippen molar-refractivity contribution in [3.05, 3.63) is 144 Å². The molecule has 45 heavy (non-hydrogen) atoms. The first kappa shape index (κ1) is 42.8. The molecule has 0 N–H and O–H groups in total. The zero-order chi connectivity index (χ0) is 29.8. The van der Waals surface area contributed by atoms with Gasteiger partial charge in [-0.15, -0.1) is 92.9 Å². The van der Waals surface area contributed by atoms with Gasteiger partial charge in [0.1, 0.15) is 0 Å². The Balaban J connectivity index is 0.000000753. The fraction of sp³-hybridized carbons (Fsp3) is 0.220. The van der Waals surface area contributed by atoms with Crippen molar-refractivity contribution in [2.24, 2.45) is 0 Å². The molecule has 0 fully saturated rings. The first-order chi connectivity index (χ1) is 19.6. The van der Waals surface area contributed by atoms with Crippen LogP contribution in [-0.2, 0) is 29.8 Å². The molecule has 0 aliphatic heterocycles. The van der Waals surface area contributed by atoms with E-state index in [4.69, 9.17) is 0 Å². The van der Waals surface area contributed by atoms with Crippen molar-refractivity contribution in [2.75, 3.05) is 0 Å². The van der Waals surface area contributed by atoms with Gasteiger partial charge in [-0.1, -0.05) is 110 Å². The van der Waals surface area contributed by atoms with Gasteiger partial charge in [0.05, 0.1) is 0 Å². The van der Waals surface area contributed by atoms with Crippen LogP contribution in [0.15, 0.2) is 84.9 Å². The summed E-state index contributed by atoms with van der Waals surface area (Å²) in [4.78, 5) is 0.